The van der Waals surface area contributed by atoms with Gasteiger partial charge in [-0.05, 0) is 41.4 Å². The second-order valence-corrected chi connectivity index (χ2v) is 7.23. The molecule has 0 saturated heterocycles. The van der Waals surface area contributed by atoms with Gasteiger partial charge in [-0.25, -0.2) is 12.8 Å². The predicted molar refractivity (Wildman–Crippen MR) is 75.6 cm³/mol. The van der Waals surface area contributed by atoms with Crippen LogP contribution in [0.4, 0.5) is 10.1 Å². The molecule has 0 fully saturated rings. The normalized spacial score (nSPS) is 17.3. The summed E-state index contributed by atoms with van der Waals surface area (Å²) in [4.78, 5) is -0.000599. The van der Waals surface area contributed by atoms with E-state index in [4.69, 9.17) is 5.73 Å². The van der Waals surface area contributed by atoms with Crippen molar-refractivity contribution in [2.75, 3.05) is 18.8 Å². The van der Waals surface area contributed by atoms with Crippen LogP contribution in [0.15, 0.2) is 33.2 Å². The van der Waals surface area contributed by atoms with Gasteiger partial charge in [0, 0.05) is 17.6 Å². The fourth-order valence-corrected chi connectivity index (χ4v) is 4.24. The van der Waals surface area contributed by atoms with Crippen LogP contribution in [0.25, 0.3) is 0 Å². The van der Waals surface area contributed by atoms with Gasteiger partial charge in [-0.2, -0.15) is 4.31 Å². The fourth-order valence-electron chi connectivity index (χ4n) is 1.85. The topological polar surface area (TPSA) is 63.4 Å². The van der Waals surface area contributed by atoms with Crippen LogP contribution in [0.3, 0.4) is 0 Å². The maximum atomic E-state index is 13.3. The van der Waals surface area contributed by atoms with Crippen molar-refractivity contribution in [3.05, 3.63) is 34.1 Å². The number of anilines is 1. The van der Waals surface area contributed by atoms with Crippen molar-refractivity contribution in [2.24, 2.45) is 0 Å². The molecule has 4 nitrogen and oxygen atoms in total. The second-order valence-electron chi connectivity index (χ2n) is 4.47. The molecule has 1 aliphatic heterocycles. The zero-order valence-electron chi connectivity index (χ0n) is 10.4. The Morgan fingerprint density at radius 2 is 2.11 bits per heavy atom. The lowest BCUT2D eigenvalue weighted by Crippen LogP contribution is -2.34. The molecule has 104 valence electrons. The summed E-state index contributed by atoms with van der Waals surface area (Å²) in [6, 6.07) is 2.23. The van der Waals surface area contributed by atoms with Crippen LogP contribution in [0.1, 0.15) is 13.3 Å². The first-order chi connectivity index (χ1) is 8.82. The van der Waals surface area contributed by atoms with Crippen LogP contribution in [0.2, 0.25) is 0 Å². The van der Waals surface area contributed by atoms with Gasteiger partial charge in [0.05, 0.1) is 10.6 Å². The van der Waals surface area contributed by atoms with Gasteiger partial charge in [0.15, 0.2) is 0 Å². The molecule has 0 atom stereocenters. The highest BCUT2D eigenvalue weighted by molar-refractivity contribution is 9.10. The minimum absolute atomic E-state index is 0.000599. The molecule has 2 rings (SSSR count). The Bertz CT molecular complexity index is 643. The molecule has 0 saturated carbocycles. The number of halogens is 2. The number of hydrogen-bond donors (Lipinski definition) is 1. The lowest BCUT2D eigenvalue weighted by molar-refractivity contribution is 0.431. The third kappa shape index (κ3) is 2.82. The fraction of sp³-hybridized carbons (Fsp3) is 0.333. The van der Waals surface area contributed by atoms with E-state index in [2.05, 4.69) is 15.9 Å². The molecule has 0 aliphatic carbocycles. The van der Waals surface area contributed by atoms with Gasteiger partial charge >= 0.3 is 0 Å². The summed E-state index contributed by atoms with van der Waals surface area (Å²) in [5, 5.41) is 0. The molecule has 1 aromatic rings. The van der Waals surface area contributed by atoms with Crippen molar-refractivity contribution >= 4 is 31.6 Å². The summed E-state index contributed by atoms with van der Waals surface area (Å²) in [5.41, 5.74) is 6.44. The van der Waals surface area contributed by atoms with Gasteiger partial charge in [0.25, 0.3) is 0 Å². The molecule has 0 radical (unpaired) electrons. The summed E-state index contributed by atoms with van der Waals surface area (Å²) < 4.78 is 39.7. The maximum Gasteiger partial charge on any atom is 0.244 e. The maximum absolute atomic E-state index is 13.3. The monoisotopic (exact) mass is 348 g/mol. The summed E-state index contributed by atoms with van der Waals surface area (Å²) in [6.45, 7) is 2.72. The molecule has 0 amide bonds. The summed E-state index contributed by atoms with van der Waals surface area (Å²) in [5.74, 6) is -0.639. The average Bonchev–Trinajstić information content (AvgIpc) is 2.34. The molecule has 0 spiro atoms. The molecule has 1 aliphatic rings. The molecule has 0 aromatic heterocycles. The van der Waals surface area contributed by atoms with Crippen molar-refractivity contribution in [1.29, 1.82) is 0 Å². The smallest absolute Gasteiger partial charge is 0.244 e. The number of rotatable bonds is 2. The van der Waals surface area contributed by atoms with Gasteiger partial charge in [-0.15, -0.1) is 0 Å². The first kappa shape index (κ1) is 14.5. The van der Waals surface area contributed by atoms with E-state index in [1.54, 1.807) is 0 Å². The first-order valence-electron chi connectivity index (χ1n) is 5.72. The Morgan fingerprint density at radius 3 is 2.68 bits per heavy atom. The number of nitrogens with two attached hydrogens (primary N) is 1. The molecule has 19 heavy (non-hydrogen) atoms. The molecular formula is C12H14BrFN2O2S. The number of nitrogens with zero attached hydrogens (tertiary/aromatic N) is 1. The number of nitrogen functional groups attached to an aromatic ring is 1. The summed E-state index contributed by atoms with van der Waals surface area (Å²) >= 11 is 3.08. The van der Waals surface area contributed by atoms with Crippen molar-refractivity contribution in [1.82, 2.24) is 4.31 Å². The van der Waals surface area contributed by atoms with E-state index in [0.29, 0.717) is 19.5 Å². The van der Waals surface area contributed by atoms with Crippen LogP contribution >= 0.6 is 15.9 Å². The van der Waals surface area contributed by atoms with Crippen LogP contribution in [0, 0.1) is 5.82 Å². The molecule has 1 aromatic carbocycles. The molecular weight excluding hydrogens is 335 g/mol. The summed E-state index contributed by atoms with van der Waals surface area (Å²) in [7, 11) is -3.66. The quantitative estimate of drug-likeness (QED) is 0.659. The van der Waals surface area contributed by atoms with Crippen LogP contribution in [0.5, 0.6) is 0 Å². The molecule has 1 heterocycles. The highest BCUT2D eigenvalue weighted by Crippen LogP contribution is 2.30. The zero-order chi connectivity index (χ0) is 14.2. The average molecular weight is 349 g/mol. The van der Waals surface area contributed by atoms with E-state index in [9.17, 15) is 12.8 Å². The van der Waals surface area contributed by atoms with E-state index in [0.717, 1.165) is 12.1 Å². The van der Waals surface area contributed by atoms with Crippen molar-refractivity contribution < 1.29 is 12.8 Å². The van der Waals surface area contributed by atoms with Gasteiger partial charge in [-0.1, -0.05) is 11.6 Å². The lowest BCUT2D eigenvalue weighted by Gasteiger charge is -2.25. The van der Waals surface area contributed by atoms with Gasteiger partial charge in [0.1, 0.15) is 5.82 Å². The van der Waals surface area contributed by atoms with Crippen molar-refractivity contribution in [2.45, 2.75) is 18.2 Å². The number of sulfonamides is 1. The Balaban J connectivity index is 2.43. The van der Waals surface area contributed by atoms with Crippen LogP contribution < -0.4 is 5.73 Å². The Hall–Kier alpha value is -0.920. The predicted octanol–water partition coefficient (Wildman–Crippen LogP) is 2.51. The first-order valence-corrected chi connectivity index (χ1v) is 7.96. The van der Waals surface area contributed by atoms with Gasteiger partial charge in [-0.3, -0.25) is 0 Å². The molecule has 0 unspecified atom stereocenters. The molecule has 7 heteroatoms. The number of hydrogen-bond acceptors (Lipinski definition) is 3. The van der Waals surface area contributed by atoms with Crippen LogP contribution in [-0.2, 0) is 10.0 Å². The van der Waals surface area contributed by atoms with Crippen molar-refractivity contribution in [3.63, 3.8) is 0 Å². The lowest BCUT2D eigenvalue weighted by atomic mass is 10.1. The van der Waals surface area contributed by atoms with E-state index >= 15 is 0 Å². The van der Waals surface area contributed by atoms with E-state index < -0.39 is 15.8 Å². The van der Waals surface area contributed by atoms with Gasteiger partial charge in [0.2, 0.25) is 10.0 Å². The second kappa shape index (κ2) is 5.22. The number of benzene rings is 1. The standard InChI is InChI=1S/C12H14BrFN2O2S/c1-8-2-4-16(5-3-8)19(17,18)12-7-11(15)10(14)6-9(12)13/h2,6-7H,3-5,15H2,1H3. The van der Waals surface area contributed by atoms with Gasteiger partial charge < -0.3 is 5.73 Å². The highest BCUT2D eigenvalue weighted by atomic mass is 79.9. The third-order valence-corrected chi connectivity index (χ3v) is 5.89. The Morgan fingerprint density at radius 1 is 1.42 bits per heavy atom. The van der Waals surface area contributed by atoms with E-state index in [-0.39, 0.29) is 15.1 Å². The molecule has 0 bridgehead atoms. The largest absolute Gasteiger partial charge is 0.396 e. The zero-order valence-corrected chi connectivity index (χ0v) is 12.8. The third-order valence-electron chi connectivity index (χ3n) is 3.07. The minimum Gasteiger partial charge on any atom is -0.396 e. The Labute approximate surface area is 120 Å². The van der Waals surface area contributed by atoms with E-state index in [1.807, 2.05) is 13.0 Å². The molecule has 2 N–H and O–H groups in total. The van der Waals surface area contributed by atoms with Crippen molar-refractivity contribution in [3.8, 4) is 0 Å². The minimum atomic E-state index is -3.66. The summed E-state index contributed by atoms with van der Waals surface area (Å²) in [6.07, 6.45) is 2.58. The SMILES string of the molecule is CC1=CCN(S(=O)(=O)c2cc(N)c(F)cc2Br)CC1. The Kier molecular flexibility index (Phi) is 3.98. The van der Waals surface area contributed by atoms with Crippen LogP contribution in [-0.4, -0.2) is 25.8 Å². The van der Waals surface area contributed by atoms with E-state index in [1.165, 1.54) is 9.88 Å². The highest BCUT2D eigenvalue weighted by Gasteiger charge is 2.28.